The number of nitrogens with one attached hydrogen (secondary N) is 2. The van der Waals surface area contributed by atoms with E-state index in [0.717, 1.165) is 27.5 Å². The predicted molar refractivity (Wildman–Crippen MR) is 140 cm³/mol. The number of rotatable bonds is 7. The minimum atomic E-state index is -0.627. The van der Waals surface area contributed by atoms with Gasteiger partial charge in [0.1, 0.15) is 11.9 Å². The van der Waals surface area contributed by atoms with Crippen LogP contribution in [-0.2, 0) is 20.1 Å². The standard InChI is InChI=1S/C23H26N6OS.HI/c1-16-27-28-22(29(16)2)15-26-23(24-13-17-8-4-3-5-9-17)25-14-19(30)21-12-18-10-6-7-11-20(18)31-21;/h3-12,19,30H,13-15H2,1-2H3,(H2,24,25,26);1H. The summed E-state index contributed by atoms with van der Waals surface area (Å²) in [7, 11) is 1.94. The maximum Gasteiger partial charge on any atom is 0.192 e. The summed E-state index contributed by atoms with van der Waals surface area (Å²) < 4.78 is 3.11. The number of benzene rings is 2. The first kappa shape index (κ1) is 24.1. The van der Waals surface area contributed by atoms with Gasteiger partial charge in [0.25, 0.3) is 0 Å². The molecule has 1 unspecified atom stereocenters. The van der Waals surface area contributed by atoms with Crippen LogP contribution in [0.2, 0.25) is 0 Å². The molecular formula is C23H27IN6OS. The second-order valence-electron chi connectivity index (χ2n) is 7.31. The third-order valence-electron chi connectivity index (χ3n) is 5.10. The molecule has 7 nitrogen and oxygen atoms in total. The van der Waals surface area contributed by atoms with Gasteiger partial charge in [-0.25, -0.2) is 4.99 Å². The minimum Gasteiger partial charge on any atom is -0.386 e. The molecule has 2 heterocycles. The van der Waals surface area contributed by atoms with Crippen molar-refractivity contribution in [1.82, 2.24) is 25.4 Å². The molecular weight excluding hydrogens is 535 g/mol. The van der Waals surface area contributed by atoms with Crippen LogP contribution in [0.25, 0.3) is 10.1 Å². The van der Waals surface area contributed by atoms with E-state index < -0.39 is 6.10 Å². The van der Waals surface area contributed by atoms with Crippen LogP contribution in [0.15, 0.2) is 65.7 Å². The largest absolute Gasteiger partial charge is 0.386 e. The van der Waals surface area contributed by atoms with Crippen molar-refractivity contribution in [3.63, 3.8) is 0 Å². The van der Waals surface area contributed by atoms with Crippen molar-refractivity contribution in [1.29, 1.82) is 0 Å². The molecule has 4 rings (SSSR count). The molecule has 1 atom stereocenters. The van der Waals surface area contributed by atoms with Crippen LogP contribution in [0.1, 0.15) is 28.2 Å². The monoisotopic (exact) mass is 562 g/mol. The number of fused-ring (bicyclic) bond motifs is 1. The van der Waals surface area contributed by atoms with E-state index in [9.17, 15) is 5.11 Å². The fourth-order valence-electron chi connectivity index (χ4n) is 3.16. The number of halogens is 1. The number of aliphatic hydroxyl groups is 1. The number of thiophene rings is 1. The number of nitrogens with zero attached hydrogens (tertiary/aromatic N) is 4. The van der Waals surface area contributed by atoms with E-state index in [-0.39, 0.29) is 24.0 Å². The second kappa shape index (κ2) is 11.4. The van der Waals surface area contributed by atoms with Gasteiger partial charge < -0.3 is 20.3 Å². The summed E-state index contributed by atoms with van der Waals surface area (Å²) in [6, 6.07) is 20.3. The van der Waals surface area contributed by atoms with Crippen LogP contribution >= 0.6 is 35.3 Å². The van der Waals surface area contributed by atoms with Crippen LogP contribution in [0.5, 0.6) is 0 Å². The van der Waals surface area contributed by atoms with Crippen molar-refractivity contribution in [3.05, 3.63) is 82.8 Å². The maximum absolute atomic E-state index is 10.7. The number of guanidine groups is 1. The molecule has 0 aliphatic heterocycles. The lowest BCUT2D eigenvalue weighted by Gasteiger charge is -2.15. The molecule has 0 bridgehead atoms. The smallest absolute Gasteiger partial charge is 0.192 e. The van der Waals surface area contributed by atoms with Gasteiger partial charge >= 0.3 is 0 Å². The van der Waals surface area contributed by atoms with Crippen LogP contribution < -0.4 is 10.6 Å². The van der Waals surface area contributed by atoms with Gasteiger partial charge in [-0.05, 0) is 30.0 Å². The average Bonchev–Trinajstić information content (AvgIpc) is 3.37. The molecule has 0 aliphatic carbocycles. The summed E-state index contributed by atoms with van der Waals surface area (Å²) >= 11 is 1.61. The first-order chi connectivity index (χ1) is 15.1. The Bertz CT molecular complexity index is 1140. The number of aliphatic imine (C=N–C) groups is 1. The lowest BCUT2D eigenvalue weighted by atomic mass is 10.2. The van der Waals surface area contributed by atoms with E-state index in [2.05, 4.69) is 38.0 Å². The van der Waals surface area contributed by atoms with Gasteiger partial charge in [0.05, 0.1) is 13.1 Å². The highest BCUT2D eigenvalue weighted by Gasteiger charge is 2.13. The van der Waals surface area contributed by atoms with Crippen LogP contribution in [0.4, 0.5) is 0 Å². The van der Waals surface area contributed by atoms with E-state index >= 15 is 0 Å². The molecule has 0 spiro atoms. The molecule has 3 N–H and O–H groups in total. The number of hydrogen-bond donors (Lipinski definition) is 3. The van der Waals surface area contributed by atoms with Crippen LogP contribution in [0.3, 0.4) is 0 Å². The molecule has 0 radical (unpaired) electrons. The van der Waals surface area contributed by atoms with Crippen molar-refractivity contribution in [2.75, 3.05) is 6.54 Å². The highest BCUT2D eigenvalue weighted by Crippen LogP contribution is 2.29. The number of aliphatic hydroxyl groups excluding tert-OH is 1. The molecule has 0 fully saturated rings. The SMILES string of the molecule is Cc1nnc(CNC(=NCc2ccccc2)NCC(O)c2cc3ccccc3s2)n1C.I. The van der Waals surface area contributed by atoms with Crippen molar-refractivity contribution in [3.8, 4) is 0 Å². The third-order valence-corrected chi connectivity index (χ3v) is 6.31. The molecule has 168 valence electrons. The van der Waals surface area contributed by atoms with Crippen molar-refractivity contribution < 1.29 is 5.11 Å². The van der Waals surface area contributed by atoms with Gasteiger partial charge in [-0.2, -0.15) is 0 Å². The van der Waals surface area contributed by atoms with E-state index in [1.165, 1.54) is 4.70 Å². The Hall–Kier alpha value is -2.50. The predicted octanol–water partition coefficient (Wildman–Crippen LogP) is 3.93. The maximum atomic E-state index is 10.7. The Morgan fingerprint density at radius 2 is 1.84 bits per heavy atom. The minimum absolute atomic E-state index is 0. The van der Waals surface area contributed by atoms with Gasteiger partial charge in [-0.1, -0.05) is 48.5 Å². The summed E-state index contributed by atoms with van der Waals surface area (Å²) in [5.41, 5.74) is 1.11. The molecule has 0 aliphatic rings. The zero-order valence-electron chi connectivity index (χ0n) is 18.0. The lowest BCUT2D eigenvalue weighted by Crippen LogP contribution is -2.39. The van der Waals surface area contributed by atoms with E-state index in [0.29, 0.717) is 25.6 Å². The van der Waals surface area contributed by atoms with Crippen molar-refractivity contribution in [2.45, 2.75) is 26.1 Å². The van der Waals surface area contributed by atoms with Gasteiger partial charge in [-0.15, -0.1) is 45.5 Å². The summed E-state index contributed by atoms with van der Waals surface area (Å²) in [6.45, 7) is 3.29. The van der Waals surface area contributed by atoms with Crippen molar-refractivity contribution >= 4 is 51.4 Å². The summed E-state index contributed by atoms with van der Waals surface area (Å²) in [4.78, 5) is 5.61. The molecule has 0 saturated heterocycles. The Kier molecular flexibility index (Phi) is 8.60. The number of aryl methyl sites for hydroxylation is 1. The van der Waals surface area contributed by atoms with Crippen LogP contribution in [0, 0.1) is 6.92 Å². The fourth-order valence-corrected chi connectivity index (χ4v) is 4.21. The molecule has 0 saturated carbocycles. The zero-order chi connectivity index (χ0) is 21.6. The Balaban J connectivity index is 0.00000289. The fraction of sp³-hybridized carbons (Fsp3) is 0.261. The van der Waals surface area contributed by atoms with Crippen molar-refractivity contribution in [2.24, 2.45) is 12.0 Å². The molecule has 4 aromatic rings. The van der Waals surface area contributed by atoms with Gasteiger partial charge in [0, 0.05) is 23.2 Å². The average molecular weight is 562 g/mol. The summed E-state index contributed by atoms with van der Waals surface area (Å²) in [5.74, 6) is 2.29. The molecule has 0 amide bonds. The quantitative estimate of drug-likeness (QED) is 0.181. The summed E-state index contributed by atoms with van der Waals surface area (Å²) in [6.07, 6.45) is -0.627. The van der Waals surface area contributed by atoms with Gasteiger partial charge in [0.2, 0.25) is 0 Å². The number of aromatic nitrogens is 3. The molecule has 2 aromatic heterocycles. The Morgan fingerprint density at radius 1 is 1.09 bits per heavy atom. The topological polar surface area (TPSA) is 87.4 Å². The Morgan fingerprint density at radius 3 is 2.56 bits per heavy atom. The van der Waals surface area contributed by atoms with E-state index in [4.69, 9.17) is 0 Å². The third kappa shape index (κ3) is 6.05. The molecule has 9 heteroatoms. The number of hydrogen-bond acceptors (Lipinski definition) is 5. The first-order valence-corrected chi connectivity index (χ1v) is 11.0. The highest BCUT2D eigenvalue weighted by molar-refractivity contribution is 14.0. The molecule has 32 heavy (non-hydrogen) atoms. The first-order valence-electron chi connectivity index (χ1n) is 10.2. The second-order valence-corrected chi connectivity index (χ2v) is 8.43. The molecule has 2 aromatic carbocycles. The zero-order valence-corrected chi connectivity index (χ0v) is 21.2. The van der Waals surface area contributed by atoms with E-state index in [1.54, 1.807) is 11.3 Å². The van der Waals surface area contributed by atoms with Gasteiger partial charge in [0.15, 0.2) is 11.8 Å². The van der Waals surface area contributed by atoms with Gasteiger partial charge in [-0.3, -0.25) is 0 Å². The van der Waals surface area contributed by atoms with E-state index in [1.807, 2.05) is 67.1 Å². The highest BCUT2D eigenvalue weighted by atomic mass is 127. The summed E-state index contributed by atoms with van der Waals surface area (Å²) in [5, 5.41) is 26.7. The lowest BCUT2D eigenvalue weighted by molar-refractivity contribution is 0.184. The Labute approximate surface area is 208 Å². The van der Waals surface area contributed by atoms with Crippen LogP contribution in [-0.4, -0.2) is 32.4 Å². The normalized spacial score (nSPS) is 12.4.